The van der Waals surface area contributed by atoms with Gasteiger partial charge in [0.1, 0.15) is 5.69 Å². The summed E-state index contributed by atoms with van der Waals surface area (Å²) in [6.45, 7) is 3.63. The van der Waals surface area contributed by atoms with Gasteiger partial charge in [-0.05, 0) is 34.5 Å². The second kappa shape index (κ2) is 7.82. The SMILES string of the molecule is CCCCN(CCBr)C(=O)c1ccc(Br)cn1. The fourth-order valence-corrected chi connectivity index (χ4v) is 2.09. The van der Waals surface area contributed by atoms with E-state index in [4.69, 9.17) is 0 Å². The van der Waals surface area contributed by atoms with Crippen molar-refractivity contribution in [2.24, 2.45) is 0 Å². The zero-order chi connectivity index (χ0) is 12.7. The summed E-state index contributed by atoms with van der Waals surface area (Å²) in [5.74, 6) is 0.00500. The van der Waals surface area contributed by atoms with Gasteiger partial charge in [0.2, 0.25) is 0 Å². The van der Waals surface area contributed by atoms with Crippen molar-refractivity contribution in [3.05, 3.63) is 28.5 Å². The molecular weight excluding hydrogens is 348 g/mol. The van der Waals surface area contributed by atoms with Gasteiger partial charge >= 0.3 is 0 Å². The molecule has 3 nitrogen and oxygen atoms in total. The van der Waals surface area contributed by atoms with E-state index in [1.807, 2.05) is 11.0 Å². The lowest BCUT2D eigenvalue weighted by molar-refractivity contribution is 0.0758. The molecule has 0 saturated carbocycles. The van der Waals surface area contributed by atoms with Crippen molar-refractivity contribution in [2.45, 2.75) is 19.8 Å². The molecule has 0 aliphatic heterocycles. The molecule has 0 bridgehead atoms. The second-order valence-corrected chi connectivity index (χ2v) is 5.41. The number of nitrogens with zero attached hydrogens (tertiary/aromatic N) is 2. The highest BCUT2D eigenvalue weighted by Gasteiger charge is 2.15. The number of carbonyl (C=O) groups is 1. The molecular formula is C12H16Br2N2O. The Balaban J connectivity index is 2.72. The number of carbonyl (C=O) groups excluding carboxylic acids is 1. The third-order valence-corrected chi connectivity index (χ3v) is 3.19. The summed E-state index contributed by atoms with van der Waals surface area (Å²) in [6.07, 6.45) is 3.76. The third-order valence-electron chi connectivity index (χ3n) is 2.37. The Morgan fingerprint density at radius 1 is 1.41 bits per heavy atom. The number of unbranched alkanes of at least 4 members (excludes halogenated alkanes) is 1. The van der Waals surface area contributed by atoms with E-state index >= 15 is 0 Å². The predicted octanol–water partition coefficient (Wildman–Crippen LogP) is 3.48. The van der Waals surface area contributed by atoms with Crippen LogP contribution in [0.2, 0.25) is 0 Å². The van der Waals surface area contributed by atoms with Crippen LogP contribution in [-0.2, 0) is 0 Å². The van der Waals surface area contributed by atoms with Gasteiger partial charge in [0.05, 0.1) is 0 Å². The van der Waals surface area contributed by atoms with E-state index in [2.05, 4.69) is 43.8 Å². The minimum absolute atomic E-state index is 0.00500. The van der Waals surface area contributed by atoms with Gasteiger partial charge in [0.15, 0.2) is 0 Å². The lowest BCUT2D eigenvalue weighted by Gasteiger charge is -2.21. The highest BCUT2D eigenvalue weighted by molar-refractivity contribution is 9.10. The van der Waals surface area contributed by atoms with Crippen molar-refractivity contribution in [2.75, 3.05) is 18.4 Å². The Labute approximate surface area is 119 Å². The fraction of sp³-hybridized carbons (Fsp3) is 0.500. The van der Waals surface area contributed by atoms with E-state index in [1.165, 1.54) is 0 Å². The maximum atomic E-state index is 12.2. The summed E-state index contributed by atoms with van der Waals surface area (Å²) in [5, 5.41) is 0.791. The van der Waals surface area contributed by atoms with Crippen LogP contribution in [0.25, 0.3) is 0 Å². The van der Waals surface area contributed by atoms with Crippen LogP contribution in [0.4, 0.5) is 0 Å². The smallest absolute Gasteiger partial charge is 0.272 e. The molecule has 0 fully saturated rings. The van der Waals surface area contributed by atoms with Crippen LogP contribution >= 0.6 is 31.9 Å². The van der Waals surface area contributed by atoms with Gasteiger partial charge in [-0.2, -0.15) is 0 Å². The number of amides is 1. The van der Waals surface area contributed by atoms with E-state index in [1.54, 1.807) is 12.3 Å². The van der Waals surface area contributed by atoms with E-state index in [0.717, 1.165) is 35.7 Å². The number of halogens is 2. The van der Waals surface area contributed by atoms with Crippen LogP contribution in [0.3, 0.4) is 0 Å². The maximum Gasteiger partial charge on any atom is 0.272 e. The topological polar surface area (TPSA) is 33.2 Å². The molecule has 0 aliphatic rings. The number of alkyl halides is 1. The van der Waals surface area contributed by atoms with Gasteiger partial charge in [-0.1, -0.05) is 29.3 Å². The Hall–Kier alpha value is -0.420. The van der Waals surface area contributed by atoms with Crippen LogP contribution in [0.1, 0.15) is 30.3 Å². The van der Waals surface area contributed by atoms with E-state index in [9.17, 15) is 4.79 Å². The first-order valence-corrected chi connectivity index (χ1v) is 7.57. The van der Waals surface area contributed by atoms with Crippen LogP contribution in [0, 0.1) is 0 Å². The van der Waals surface area contributed by atoms with Crippen molar-refractivity contribution < 1.29 is 4.79 Å². The molecule has 0 N–H and O–H groups in total. The highest BCUT2D eigenvalue weighted by Crippen LogP contribution is 2.10. The molecule has 0 saturated heterocycles. The molecule has 0 aromatic carbocycles. The van der Waals surface area contributed by atoms with Crippen molar-refractivity contribution in [1.82, 2.24) is 9.88 Å². The summed E-state index contributed by atoms with van der Waals surface area (Å²) >= 11 is 6.68. The molecule has 0 aliphatic carbocycles. The minimum atomic E-state index is 0.00500. The van der Waals surface area contributed by atoms with E-state index in [0.29, 0.717) is 5.69 Å². The fourth-order valence-electron chi connectivity index (χ4n) is 1.43. The molecule has 17 heavy (non-hydrogen) atoms. The number of aromatic nitrogens is 1. The van der Waals surface area contributed by atoms with Gasteiger partial charge in [-0.15, -0.1) is 0 Å². The first-order chi connectivity index (χ1) is 8.19. The Kier molecular flexibility index (Phi) is 6.73. The average molecular weight is 364 g/mol. The quantitative estimate of drug-likeness (QED) is 0.725. The van der Waals surface area contributed by atoms with Crippen molar-refractivity contribution in [3.8, 4) is 0 Å². The molecule has 5 heteroatoms. The lowest BCUT2D eigenvalue weighted by atomic mass is 10.2. The minimum Gasteiger partial charge on any atom is -0.336 e. The summed E-state index contributed by atoms with van der Waals surface area (Å²) in [6, 6.07) is 3.59. The molecule has 94 valence electrons. The molecule has 1 aromatic rings. The molecule has 0 atom stereocenters. The molecule has 1 rings (SSSR count). The van der Waals surface area contributed by atoms with Crippen molar-refractivity contribution in [1.29, 1.82) is 0 Å². The second-order valence-electron chi connectivity index (χ2n) is 3.70. The molecule has 1 aromatic heterocycles. The van der Waals surface area contributed by atoms with E-state index < -0.39 is 0 Å². The van der Waals surface area contributed by atoms with Gasteiger partial charge in [-0.3, -0.25) is 4.79 Å². The Morgan fingerprint density at radius 3 is 2.71 bits per heavy atom. The van der Waals surface area contributed by atoms with Gasteiger partial charge in [-0.25, -0.2) is 4.98 Å². The molecule has 0 spiro atoms. The number of hydrogen-bond acceptors (Lipinski definition) is 2. The summed E-state index contributed by atoms with van der Waals surface area (Å²) in [4.78, 5) is 18.2. The van der Waals surface area contributed by atoms with Crippen molar-refractivity contribution in [3.63, 3.8) is 0 Å². The predicted molar refractivity (Wildman–Crippen MR) is 76.5 cm³/mol. The zero-order valence-corrected chi connectivity index (χ0v) is 13.0. The summed E-state index contributed by atoms with van der Waals surface area (Å²) in [7, 11) is 0. The first kappa shape index (κ1) is 14.6. The van der Waals surface area contributed by atoms with E-state index in [-0.39, 0.29) is 5.91 Å². The van der Waals surface area contributed by atoms with Crippen LogP contribution in [0.5, 0.6) is 0 Å². The van der Waals surface area contributed by atoms with Crippen molar-refractivity contribution >= 4 is 37.8 Å². The molecule has 1 amide bonds. The Bertz CT molecular complexity index is 354. The van der Waals surface area contributed by atoms with Gasteiger partial charge in [0.25, 0.3) is 5.91 Å². The first-order valence-electron chi connectivity index (χ1n) is 5.65. The number of hydrogen-bond donors (Lipinski definition) is 0. The number of pyridine rings is 1. The largest absolute Gasteiger partial charge is 0.336 e. The standard InChI is InChI=1S/C12H16Br2N2O/c1-2-3-7-16(8-6-13)12(17)11-5-4-10(14)9-15-11/h4-5,9H,2-3,6-8H2,1H3. The van der Waals surface area contributed by atoms with Crippen LogP contribution in [0.15, 0.2) is 22.8 Å². The highest BCUT2D eigenvalue weighted by atomic mass is 79.9. The third kappa shape index (κ3) is 4.76. The lowest BCUT2D eigenvalue weighted by Crippen LogP contribution is -2.34. The maximum absolute atomic E-state index is 12.2. The van der Waals surface area contributed by atoms with Crippen LogP contribution < -0.4 is 0 Å². The molecule has 0 radical (unpaired) electrons. The monoisotopic (exact) mass is 362 g/mol. The normalized spacial score (nSPS) is 10.3. The molecule has 0 unspecified atom stereocenters. The summed E-state index contributed by atoms with van der Waals surface area (Å²) in [5.41, 5.74) is 0.505. The zero-order valence-electron chi connectivity index (χ0n) is 9.83. The van der Waals surface area contributed by atoms with Gasteiger partial charge in [0, 0.05) is 29.1 Å². The number of rotatable bonds is 6. The molecule has 1 heterocycles. The summed E-state index contributed by atoms with van der Waals surface area (Å²) < 4.78 is 0.884. The van der Waals surface area contributed by atoms with Gasteiger partial charge < -0.3 is 4.90 Å². The van der Waals surface area contributed by atoms with Crippen LogP contribution in [-0.4, -0.2) is 34.2 Å². The Morgan fingerprint density at radius 2 is 2.18 bits per heavy atom. The average Bonchev–Trinajstić information content (AvgIpc) is 2.34.